The molecule has 1 aromatic carbocycles. The summed E-state index contributed by atoms with van der Waals surface area (Å²) >= 11 is 0. The molecule has 3 rings (SSSR count). The monoisotopic (exact) mass is 512 g/mol. The largest absolute Gasteiger partial charge is 0.484 e. The van der Waals surface area contributed by atoms with Gasteiger partial charge < -0.3 is 14.4 Å². The summed E-state index contributed by atoms with van der Waals surface area (Å²) in [6, 6.07) is 7.48. The number of ether oxygens (including phenoxy) is 2. The van der Waals surface area contributed by atoms with Gasteiger partial charge in [-0.3, -0.25) is 14.0 Å². The quantitative estimate of drug-likeness (QED) is 0.426. The number of benzene rings is 1. The second-order valence-corrected chi connectivity index (χ2v) is 8.88. The van der Waals surface area contributed by atoms with Gasteiger partial charge in [-0.25, -0.2) is 14.3 Å². The van der Waals surface area contributed by atoms with Crippen LogP contribution in [0.15, 0.2) is 41.7 Å². The van der Waals surface area contributed by atoms with Crippen LogP contribution in [-0.2, 0) is 26.1 Å². The number of carbonyl (C=O) groups excluding carboxylic acids is 2. The average molecular weight is 513 g/mol. The molecule has 0 fully saturated rings. The van der Waals surface area contributed by atoms with Crippen molar-refractivity contribution in [2.75, 3.05) is 26.8 Å². The molecule has 35 heavy (non-hydrogen) atoms. The van der Waals surface area contributed by atoms with Gasteiger partial charge >= 0.3 is 18.2 Å². The Labute approximate surface area is 201 Å². The fourth-order valence-corrected chi connectivity index (χ4v) is 4.39. The van der Waals surface area contributed by atoms with Gasteiger partial charge in [-0.1, -0.05) is 12.1 Å². The van der Waals surface area contributed by atoms with Gasteiger partial charge in [0.2, 0.25) is 5.16 Å². The molecule has 2 heterocycles. The number of imidazole rings is 1. The number of aromatic nitrogens is 3. The topological polar surface area (TPSA) is 104 Å². The molecule has 0 N–H and O–H groups in total. The minimum Gasteiger partial charge on any atom is -0.484 e. The Bertz CT molecular complexity index is 1260. The summed E-state index contributed by atoms with van der Waals surface area (Å²) < 4.78 is 61.9. The lowest BCUT2D eigenvalue weighted by Gasteiger charge is -2.19. The lowest BCUT2D eigenvalue weighted by molar-refractivity contribution is -0.153. The first-order chi connectivity index (χ1) is 16.5. The summed E-state index contributed by atoms with van der Waals surface area (Å²) in [5.41, 5.74) is 1.41. The highest BCUT2D eigenvalue weighted by Gasteiger charge is 2.29. The van der Waals surface area contributed by atoms with Gasteiger partial charge in [0.25, 0.3) is 0 Å². The number of hydrogen-bond acceptors (Lipinski definition) is 7. The molecule has 0 aliphatic rings. The number of nitrogens with zero attached hydrogens (tertiary/aromatic N) is 4. The molecule has 0 aliphatic heterocycles. The number of esters is 1. The maximum atomic E-state index is 13.3. The highest BCUT2D eigenvalue weighted by atomic mass is 32.2. The lowest BCUT2D eigenvalue weighted by Crippen LogP contribution is -2.35. The Morgan fingerprint density at radius 3 is 2.60 bits per heavy atom. The van der Waals surface area contributed by atoms with E-state index >= 15 is 0 Å². The second kappa shape index (κ2) is 10.8. The van der Waals surface area contributed by atoms with E-state index in [1.165, 1.54) is 42.6 Å². The van der Waals surface area contributed by atoms with Gasteiger partial charge in [0.1, 0.15) is 12.4 Å². The Hall–Kier alpha value is -3.48. The molecule has 0 saturated carbocycles. The van der Waals surface area contributed by atoms with Gasteiger partial charge in [0, 0.05) is 25.7 Å². The third-order valence-corrected chi connectivity index (χ3v) is 6.12. The Balaban J connectivity index is 1.89. The Morgan fingerprint density at radius 2 is 1.91 bits per heavy atom. The first-order valence-corrected chi connectivity index (χ1v) is 11.7. The minimum absolute atomic E-state index is 0.0174. The van der Waals surface area contributed by atoms with Crippen molar-refractivity contribution in [3.63, 3.8) is 0 Å². The van der Waals surface area contributed by atoms with E-state index in [9.17, 15) is 27.0 Å². The van der Waals surface area contributed by atoms with Crippen LogP contribution in [0.5, 0.6) is 5.75 Å². The first-order valence-electron chi connectivity index (χ1n) is 10.4. The number of pyridine rings is 1. The number of rotatable bonds is 8. The molecule has 188 valence electrons. The van der Waals surface area contributed by atoms with Crippen molar-refractivity contribution in [2.24, 2.45) is 0 Å². The molecule has 2 aromatic heterocycles. The highest BCUT2D eigenvalue weighted by Crippen LogP contribution is 2.26. The number of fused-ring (bicyclic) bond motifs is 1. The molecule has 1 amide bonds. The first kappa shape index (κ1) is 26.1. The van der Waals surface area contributed by atoms with Crippen molar-refractivity contribution < 1.29 is 36.4 Å². The van der Waals surface area contributed by atoms with Gasteiger partial charge in [-0.15, -0.1) is 0 Å². The number of amides is 1. The summed E-state index contributed by atoms with van der Waals surface area (Å²) in [5, 5.41) is -0.0432. The Kier molecular flexibility index (Phi) is 8.10. The van der Waals surface area contributed by atoms with Crippen LogP contribution in [-0.4, -0.2) is 68.6 Å². The molecule has 0 spiro atoms. The molecule has 0 saturated heterocycles. The van der Waals surface area contributed by atoms with Crippen molar-refractivity contribution in [2.45, 2.75) is 30.9 Å². The third-order valence-electron chi connectivity index (χ3n) is 4.90. The van der Waals surface area contributed by atoms with Crippen molar-refractivity contribution in [1.29, 1.82) is 0 Å². The molecule has 13 heteroatoms. The molecule has 0 bridgehead atoms. The van der Waals surface area contributed by atoms with Crippen LogP contribution in [0, 0.1) is 6.92 Å². The van der Waals surface area contributed by atoms with Crippen molar-refractivity contribution in [1.82, 2.24) is 19.4 Å². The number of hydrogen-bond donors (Lipinski definition) is 0. The summed E-state index contributed by atoms with van der Waals surface area (Å²) in [7, 11) is -0.389. The standard InChI is InChI=1S/C22H23F3N4O5S/c1-14-17(26-9-8-19(14)34-13-22(23,24)25)12-35(32)20-27-16-6-4-5-7-18(16)29(20)21(31)28(3)10-11-33-15(2)30/h4-9H,10-13H2,1-3H3/t35-/m0/s1. The fourth-order valence-electron chi connectivity index (χ4n) is 3.14. The van der Waals surface area contributed by atoms with Gasteiger partial charge in [0.05, 0.1) is 39.8 Å². The zero-order chi connectivity index (χ0) is 25.8. The number of alkyl halides is 3. The van der Waals surface area contributed by atoms with Gasteiger partial charge in [0.15, 0.2) is 6.61 Å². The number of para-hydroxylation sites is 2. The molecule has 0 unspecified atom stereocenters. The van der Waals surface area contributed by atoms with Crippen LogP contribution < -0.4 is 4.74 Å². The van der Waals surface area contributed by atoms with Crippen molar-refractivity contribution >= 4 is 33.8 Å². The van der Waals surface area contributed by atoms with Crippen LogP contribution in [0.2, 0.25) is 0 Å². The molecule has 0 radical (unpaired) electrons. The zero-order valence-corrected chi connectivity index (χ0v) is 20.0. The van der Waals surface area contributed by atoms with E-state index in [0.717, 1.165) is 0 Å². The highest BCUT2D eigenvalue weighted by molar-refractivity contribution is 7.84. The molecular formula is C22H23F3N4O5S. The molecular weight excluding hydrogens is 489 g/mol. The van der Waals surface area contributed by atoms with Gasteiger partial charge in [-0.05, 0) is 25.1 Å². The maximum Gasteiger partial charge on any atom is 0.422 e. The molecule has 0 aliphatic carbocycles. The van der Waals surface area contributed by atoms with E-state index in [1.807, 2.05) is 0 Å². The molecule has 9 nitrogen and oxygen atoms in total. The zero-order valence-electron chi connectivity index (χ0n) is 19.2. The van der Waals surface area contributed by atoms with E-state index in [4.69, 9.17) is 9.47 Å². The summed E-state index contributed by atoms with van der Waals surface area (Å²) in [6.07, 6.45) is -3.24. The van der Waals surface area contributed by atoms with E-state index < -0.39 is 35.6 Å². The maximum absolute atomic E-state index is 13.3. The van der Waals surface area contributed by atoms with Crippen LogP contribution in [0.3, 0.4) is 0 Å². The number of likely N-dealkylation sites (N-methyl/N-ethyl adjacent to an activating group) is 1. The van der Waals surface area contributed by atoms with Crippen molar-refractivity contribution in [3.05, 3.63) is 47.8 Å². The minimum atomic E-state index is -4.51. The smallest absolute Gasteiger partial charge is 0.422 e. The predicted octanol–water partition coefficient (Wildman–Crippen LogP) is 3.45. The molecule has 3 aromatic rings. The summed E-state index contributed by atoms with van der Waals surface area (Å²) in [6.45, 7) is 1.38. The van der Waals surface area contributed by atoms with Crippen LogP contribution in [0.4, 0.5) is 18.0 Å². The lowest BCUT2D eigenvalue weighted by atomic mass is 10.2. The van der Waals surface area contributed by atoms with Crippen LogP contribution in [0.1, 0.15) is 18.2 Å². The van der Waals surface area contributed by atoms with Gasteiger partial charge in [-0.2, -0.15) is 13.2 Å². The number of halogens is 3. The Morgan fingerprint density at radius 1 is 1.20 bits per heavy atom. The van der Waals surface area contributed by atoms with Crippen LogP contribution >= 0.6 is 0 Å². The third kappa shape index (κ3) is 6.56. The number of carbonyl (C=O) groups is 2. The SMILES string of the molecule is CC(=O)OCCN(C)C(=O)n1c([S@@](=O)Cc2nccc(OCC(F)(F)F)c2C)nc2ccccc21. The van der Waals surface area contributed by atoms with E-state index in [-0.39, 0.29) is 35.5 Å². The van der Waals surface area contributed by atoms with E-state index in [0.29, 0.717) is 16.6 Å². The van der Waals surface area contributed by atoms with E-state index in [1.54, 1.807) is 24.3 Å². The second-order valence-electron chi connectivity index (χ2n) is 7.54. The molecule has 1 atom stereocenters. The fraction of sp³-hybridized carbons (Fsp3) is 0.364. The summed E-state index contributed by atoms with van der Waals surface area (Å²) in [4.78, 5) is 34.0. The van der Waals surface area contributed by atoms with E-state index in [2.05, 4.69) is 9.97 Å². The van der Waals surface area contributed by atoms with Crippen molar-refractivity contribution in [3.8, 4) is 5.75 Å². The predicted molar refractivity (Wildman–Crippen MR) is 120 cm³/mol. The normalized spacial score (nSPS) is 12.4. The average Bonchev–Trinajstić information content (AvgIpc) is 3.18. The summed E-state index contributed by atoms with van der Waals surface area (Å²) in [5.74, 6) is -0.716. The van der Waals surface area contributed by atoms with Crippen LogP contribution in [0.25, 0.3) is 11.0 Å².